The Morgan fingerprint density at radius 2 is 1.89 bits per heavy atom. The van der Waals surface area contributed by atoms with Gasteiger partial charge < -0.3 is 4.90 Å². The zero-order valence-corrected chi connectivity index (χ0v) is 13.3. The van der Waals surface area contributed by atoms with E-state index >= 15 is 0 Å². The standard InChI is InChI=1S/C15H28N2OS/c1-16(13-7-8-14(11-13)19-2)12-15(18)17-9-5-3-4-6-10-17/h13-14H,3-12H2,1-2H3/t13-,14-/m1/s1. The summed E-state index contributed by atoms with van der Waals surface area (Å²) in [6.07, 6.45) is 11.0. The van der Waals surface area contributed by atoms with E-state index in [4.69, 9.17) is 0 Å². The molecule has 1 aliphatic heterocycles. The minimum absolute atomic E-state index is 0.344. The van der Waals surface area contributed by atoms with Crippen molar-refractivity contribution < 1.29 is 4.79 Å². The van der Waals surface area contributed by atoms with Crippen LogP contribution < -0.4 is 0 Å². The van der Waals surface area contributed by atoms with E-state index < -0.39 is 0 Å². The van der Waals surface area contributed by atoms with Gasteiger partial charge in [-0.2, -0.15) is 11.8 Å². The van der Waals surface area contributed by atoms with Gasteiger partial charge in [0.2, 0.25) is 5.91 Å². The highest BCUT2D eigenvalue weighted by molar-refractivity contribution is 7.99. The molecule has 0 bridgehead atoms. The van der Waals surface area contributed by atoms with Gasteiger partial charge in [0.05, 0.1) is 6.54 Å². The van der Waals surface area contributed by atoms with E-state index in [-0.39, 0.29) is 0 Å². The number of hydrogen-bond acceptors (Lipinski definition) is 3. The summed E-state index contributed by atoms with van der Waals surface area (Å²) in [5.74, 6) is 0.344. The number of carbonyl (C=O) groups excluding carboxylic acids is 1. The second kappa shape index (κ2) is 7.53. The second-order valence-corrected chi connectivity index (χ2v) is 7.17. The molecule has 0 radical (unpaired) electrons. The Labute approximate surface area is 122 Å². The van der Waals surface area contributed by atoms with Gasteiger partial charge >= 0.3 is 0 Å². The maximum atomic E-state index is 12.3. The minimum Gasteiger partial charge on any atom is -0.342 e. The van der Waals surface area contributed by atoms with Crippen LogP contribution in [0.3, 0.4) is 0 Å². The Morgan fingerprint density at radius 3 is 2.47 bits per heavy atom. The molecular formula is C15H28N2OS. The number of hydrogen-bond donors (Lipinski definition) is 0. The van der Waals surface area contributed by atoms with E-state index in [0.717, 1.165) is 18.3 Å². The first-order valence-corrected chi connectivity index (χ1v) is 9.00. The number of carbonyl (C=O) groups is 1. The number of likely N-dealkylation sites (tertiary alicyclic amines) is 1. The van der Waals surface area contributed by atoms with Crippen LogP contribution in [0, 0.1) is 0 Å². The fourth-order valence-electron chi connectivity index (χ4n) is 3.29. The van der Waals surface area contributed by atoms with Gasteiger partial charge in [0.1, 0.15) is 0 Å². The van der Waals surface area contributed by atoms with Crippen molar-refractivity contribution in [3.05, 3.63) is 0 Å². The van der Waals surface area contributed by atoms with Crippen molar-refractivity contribution in [2.45, 2.75) is 56.2 Å². The number of thioether (sulfide) groups is 1. The molecule has 2 rings (SSSR count). The fraction of sp³-hybridized carbons (Fsp3) is 0.933. The van der Waals surface area contributed by atoms with Crippen LogP contribution in [-0.4, -0.2) is 59.9 Å². The Bertz CT molecular complexity index is 290. The summed E-state index contributed by atoms with van der Waals surface area (Å²) in [6.45, 7) is 2.57. The summed E-state index contributed by atoms with van der Waals surface area (Å²) < 4.78 is 0. The van der Waals surface area contributed by atoms with Crippen molar-refractivity contribution in [2.24, 2.45) is 0 Å². The lowest BCUT2D eigenvalue weighted by Gasteiger charge is -2.27. The molecule has 0 N–H and O–H groups in total. The summed E-state index contributed by atoms with van der Waals surface area (Å²) in [5.41, 5.74) is 0. The zero-order chi connectivity index (χ0) is 13.7. The van der Waals surface area contributed by atoms with Gasteiger partial charge in [-0.05, 0) is 45.4 Å². The summed E-state index contributed by atoms with van der Waals surface area (Å²) in [4.78, 5) is 16.7. The lowest BCUT2D eigenvalue weighted by Crippen LogP contribution is -2.42. The first-order chi connectivity index (χ1) is 9.20. The molecule has 3 nitrogen and oxygen atoms in total. The highest BCUT2D eigenvalue weighted by Crippen LogP contribution is 2.30. The quantitative estimate of drug-likeness (QED) is 0.793. The third kappa shape index (κ3) is 4.38. The van der Waals surface area contributed by atoms with E-state index in [1.54, 1.807) is 0 Å². The number of amides is 1. The van der Waals surface area contributed by atoms with Gasteiger partial charge in [-0.15, -0.1) is 0 Å². The second-order valence-electron chi connectivity index (χ2n) is 6.03. The smallest absolute Gasteiger partial charge is 0.236 e. The molecule has 110 valence electrons. The molecule has 1 saturated carbocycles. The normalized spacial score (nSPS) is 28.7. The molecular weight excluding hydrogens is 256 g/mol. The van der Waals surface area contributed by atoms with Crippen molar-refractivity contribution in [1.29, 1.82) is 0 Å². The average molecular weight is 284 g/mol. The van der Waals surface area contributed by atoms with Gasteiger partial charge in [-0.1, -0.05) is 12.8 Å². The largest absolute Gasteiger partial charge is 0.342 e. The Kier molecular flexibility index (Phi) is 6.02. The molecule has 0 aromatic carbocycles. The molecule has 0 aromatic rings. The molecule has 0 aromatic heterocycles. The number of rotatable bonds is 4. The van der Waals surface area contributed by atoms with Crippen molar-refractivity contribution in [1.82, 2.24) is 9.80 Å². The van der Waals surface area contributed by atoms with Gasteiger partial charge in [0, 0.05) is 24.4 Å². The molecule has 0 unspecified atom stereocenters. The van der Waals surface area contributed by atoms with Gasteiger partial charge in [-0.25, -0.2) is 0 Å². The SMILES string of the molecule is CS[C@@H]1CC[C@@H](N(C)CC(=O)N2CCCCCC2)C1. The van der Waals surface area contributed by atoms with Crippen molar-refractivity contribution in [2.75, 3.05) is 32.9 Å². The highest BCUT2D eigenvalue weighted by Gasteiger charge is 2.28. The maximum Gasteiger partial charge on any atom is 0.236 e. The first kappa shape index (κ1) is 15.2. The van der Waals surface area contributed by atoms with E-state index in [0.29, 0.717) is 18.5 Å². The van der Waals surface area contributed by atoms with Crippen molar-refractivity contribution in [3.63, 3.8) is 0 Å². The number of nitrogens with zero attached hydrogens (tertiary/aromatic N) is 2. The van der Waals surface area contributed by atoms with E-state index in [1.807, 2.05) is 11.8 Å². The van der Waals surface area contributed by atoms with Gasteiger partial charge in [-0.3, -0.25) is 9.69 Å². The predicted octanol–water partition coefficient (Wildman–Crippen LogP) is 2.60. The summed E-state index contributed by atoms with van der Waals surface area (Å²) in [5, 5.41) is 0.806. The molecule has 1 amide bonds. The molecule has 1 aliphatic carbocycles. The highest BCUT2D eigenvalue weighted by atomic mass is 32.2. The molecule has 2 atom stereocenters. The van der Waals surface area contributed by atoms with Crippen LogP contribution in [0.4, 0.5) is 0 Å². The predicted molar refractivity (Wildman–Crippen MR) is 82.6 cm³/mol. The topological polar surface area (TPSA) is 23.6 Å². The third-order valence-electron chi connectivity index (χ3n) is 4.66. The van der Waals surface area contributed by atoms with Gasteiger partial charge in [0.15, 0.2) is 0 Å². The molecule has 1 heterocycles. The van der Waals surface area contributed by atoms with Gasteiger partial charge in [0.25, 0.3) is 0 Å². The van der Waals surface area contributed by atoms with Crippen LogP contribution in [0.15, 0.2) is 0 Å². The molecule has 4 heteroatoms. The molecule has 19 heavy (non-hydrogen) atoms. The van der Waals surface area contributed by atoms with Crippen LogP contribution in [-0.2, 0) is 4.79 Å². The van der Waals surface area contributed by atoms with Crippen LogP contribution in [0.5, 0.6) is 0 Å². The monoisotopic (exact) mass is 284 g/mol. The first-order valence-electron chi connectivity index (χ1n) is 7.71. The van der Waals surface area contributed by atoms with Crippen LogP contribution in [0.25, 0.3) is 0 Å². The van der Waals surface area contributed by atoms with Crippen molar-refractivity contribution in [3.8, 4) is 0 Å². The Balaban J connectivity index is 1.77. The summed E-state index contributed by atoms with van der Waals surface area (Å²) in [6, 6.07) is 0.619. The lowest BCUT2D eigenvalue weighted by atomic mass is 10.2. The maximum absolute atomic E-state index is 12.3. The molecule has 1 saturated heterocycles. The summed E-state index contributed by atoms with van der Waals surface area (Å²) >= 11 is 1.98. The Morgan fingerprint density at radius 1 is 1.21 bits per heavy atom. The van der Waals surface area contributed by atoms with Crippen molar-refractivity contribution >= 4 is 17.7 Å². The van der Waals surface area contributed by atoms with E-state index in [2.05, 4.69) is 23.1 Å². The molecule has 2 fully saturated rings. The van der Waals surface area contributed by atoms with Crippen LogP contribution in [0.2, 0.25) is 0 Å². The Hall–Kier alpha value is -0.220. The average Bonchev–Trinajstić information content (AvgIpc) is 2.73. The van der Waals surface area contributed by atoms with E-state index in [9.17, 15) is 4.79 Å². The third-order valence-corrected chi connectivity index (χ3v) is 5.75. The minimum atomic E-state index is 0.344. The molecule has 2 aliphatic rings. The lowest BCUT2D eigenvalue weighted by molar-refractivity contribution is -0.132. The summed E-state index contributed by atoms with van der Waals surface area (Å²) in [7, 11) is 2.13. The van der Waals surface area contributed by atoms with Crippen LogP contribution >= 0.6 is 11.8 Å². The zero-order valence-electron chi connectivity index (χ0n) is 12.4. The molecule has 0 spiro atoms. The van der Waals surface area contributed by atoms with Crippen LogP contribution in [0.1, 0.15) is 44.9 Å². The number of likely N-dealkylation sites (N-methyl/N-ethyl adjacent to an activating group) is 1. The fourth-order valence-corrected chi connectivity index (χ4v) is 4.08. The van der Waals surface area contributed by atoms with E-state index in [1.165, 1.54) is 44.9 Å².